The molecule has 0 radical (unpaired) electrons. The summed E-state index contributed by atoms with van der Waals surface area (Å²) in [7, 11) is 3.15. The topological polar surface area (TPSA) is 54.0 Å². The molecule has 5 heteroatoms. The van der Waals surface area contributed by atoms with Gasteiger partial charge >= 0.3 is 0 Å². The Hall–Kier alpha value is -3.15. The minimum atomic E-state index is 0.0744. The molecular weight excluding hydrogens is 356 g/mol. The summed E-state index contributed by atoms with van der Waals surface area (Å²) in [5, 5.41) is 3.28. The predicted molar refractivity (Wildman–Crippen MR) is 108 cm³/mol. The molecule has 0 spiro atoms. The third-order valence-corrected chi connectivity index (χ3v) is 4.75. The molecule has 28 heavy (non-hydrogen) atoms. The van der Waals surface area contributed by atoms with Gasteiger partial charge in [0.15, 0.2) is 19.9 Å². The van der Waals surface area contributed by atoms with Crippen LogP contribution in [-0.4, -0.2) is 34.1 Å². The number of carbonyl (C=O) groups excluding carboxylic acids is 1. The molecule has 2 aromatic rings. The molecule has 0 amide bonds. The third kappa shape index (κ3) is 2.85. The molecule has 5 nitrogen and oxygen atoms in total. The fraction of sp³-hybridized carbons (Fsp3) is 0.174. The van der Waals surface area contributed by atoms with Crippen LogP contribution in [0.2, 0.25) is 0 Å². The predicted octanol–water partition coefficient (Wildman–Crippen LogP) is 4.88. The van der Waals surface area contributed by atoms with Gasteiger partial charge in [0.05, 0.1) is 0 Å². The lowest BCUT2D eigenvalue weighted by Crippen LogP contribution is -2.03. The van der Waals surface area contributed by atoms with Crippen molar-refractivity contribution in [1.82, 2.24) is 0 Å². The van der Waals surface area contributed by atoms with E-state index in [4.69, 9.17) is 18.9 Å². The van der Waals surface area contributed by atoms with Crippen LogP contribution < -0.4 is 9.47 Å². The number of benzene rings is 2. The summed E-state index contributed by atoms with van der Waals surface area (Å²) >= 11 is 0. The fourth-order valence-electron chi connectivity index (χ4n) is 3.68. The summed E-state index contributed by atoms with van der Waals surface area (Å²) in [5.41, 5.74) is 2.33. The summed E-state index contributed by atoms with van der Waals surface area (Å²) in [6.45, 7) is 0.171. The van der Waals surface area contributed by atoms with Crippen molar-refractivity contribution in [3.05, 3.63) is 60.2 Å². The highest BCUT2D eigenvalue weighted by molar-refractivity contribution is 6.24. The maximum atomic E-state index is 12.1. The zero-order valence-corrected chi connectivity index (χ0v) is 15.7. The molecule has 142 valence electrons. The maximum absolute atomic E-state index is 12.1. The first kappa shape index (κ1) is 18.2. The SMILES string of the molecule is COCOc1c2ccccc2c(OCOC)c2c(C=O)c3cccccc-3c12. The molecule has 0 saturated carbocycles. The third-order valence-electron chi connectivity index (χ3n) is 4.75. The van der Waals surface area contributed by atoms with Crippen molar-refractivity contribution in [3.8, 4) is 22.6 Å². The molecule has 0 heterocycles. The van der Waals surface area contributed by atoms with E-state index in [1.54, 1.807) is 14.2 Å². The molecule has 0 aliphatic heterocycles. The minimum absolute atomic E-state index is 0.0744. The van der Waals surface area contributed by atoms with Crippen LogP contribution in [0, 0.1) is 0 Å². The smallest absolute Gasteiger partial charge is 0.188 e. The van der Waals surface area contributed by atoms with Crippen LogP contribution in [0.25, 0.3) is 32.7 Å². The van der Waals surface area contributed by atoms with Gasteiger partial charge in [-0.2, -0.15) is 0 Å². The first-order chi connectivity index (χ1) is 13.8. The van der Waals surface area contributed by atoms with Gasteiger partial charge in [-0.05, 0) is 11.1 Å². The van der Waals surface area contributed by atoms with Gasteiger partial charge in [-0.3, -0.25) is 4.79 Å². The van der Waals surface area contributed by atoms with E-state index in [2.05, 4.69) is 0 Å². The Balaban J connectivity index is 2.23. The van der Waals surface area contributed by atoms with Crippen LogP contribution in [-0.2, 0) is 9.47 Å². The van der Waals surface area contributed by atoms with Crippen molar-refractivity contribution >= 4 is 27.8 Å². The van der Waals surface area contributed by atoms with Crippen LogP contribution in [0.15, 0.2) is 54.6 Å². The van der Waals surface area contributed by atoms with Crippen LogP contribution in [0.3, 0.4) is 0 Å². The van der Waals surface area contributed by atoms with Crippen LogP contribution in [0.5, 0.6) is 11.5 Å². The minimum Gasteiger partial charge on any atom is -0.466 e. The van der Waals surface area contributed by atoms with Gasteiger partial charge in [-0.25, -0.2) is 0 Å². The van der Waals surface area contributed by atoms with Crippen LogP contribution >= 0.6 is 0 Å². The average Bonchev–Trinajstić information content (AvgIpc) is 2.87. The molecule has 4 rings (SSSR count). The Kier molecular flexibility index (Phi) is 5.10. The summed E-state index contributed by atoms with van der Waals surface area (Å²) < 4.78 is 22.3. The fourth-order valence-corrected chi connectivity index (χ4v) is 3.68. The standard InChI is InChI=1S/C23H20O5/c1-25-13-27-22-17-10-6-7-11-18(17)23(28-14-26-2)21-19(12-24)15-8-4-3-5-9-16(15)20(21)22/h3-12H,13-14H2,1-2H3. The van der Waals surface area contributed by atoms with Gasteiger partial charge in [-0.15, -0.1) is 0 Å². The zero-order chi connectivity index (χ0) is 19.5. The number of fused-ring (bicyclic) bond motifs is 4. The van der Waals surface area contributed by atoms with Crippen molar-refractivity contribution in [1.29, 1.82) is 0 Å². The Morgan fingerprint density at radius 2 is 1.25 bits per heavy atom. The van der Waals surface area contributed by atoms with Crippen LogP contribution in [0.1, 0.15) is 10.4 Å². The van der Waals surface area contributed by atoms with E-state index in [9.17, 15) is 4.79 Å². The molecule has 0 atom stereocenters. The van der Waals surface area contributed by atoms with E-state index in [-0.39, 0.29) is 13.6 Å². The van der Waals surface area contributed by atoms with E-state index in [0.717, 1.165) is 39.0 Å². The van der Waals surface area contributed by atoms with E-state index in [1.165, 1.54) is 0 Å². The summed E-state index contributed by atoms with van der Waals surface area (Å²) in [6.07, 6.45) is 0.874. The Morgan fingerprint density at radius 3 is 1.82 bits per heavy atom. The second kappa shape index (κ2) is 7.84. The summed E-state index contributed by atoms with van der Waals surface area (Å²) in [6, 6.07) is 17.5. The second-order valence-corrected chi connectivity index (χ2v) is 6.33. The number of aldehydes is 1. The van der Waals surface area contributed by atoms with E-state index in [1.807, 2.05) is 54.6 Å². The van der Waals surface area contributed by atoms with Gasteiger partial charge in [-0.1, -0.05) is 54.6 Å². The van der Waals surface area contributed by atoms with E-state index in [0.29, 0.717) is 17.1 Å². The zero-order valence-electron chi connectivity index (χ0n) is 15.7. The number of ether oxygens (including phenoxy) is 4. The van der Waals surface area contributed by atoms with Gasteiger partial charge in [0, 0.05) is 41.3 Å². The van der Waals surface area contributed by atoms with Gasteiger partial charge < -0.3 is 18.9 Å². The molecule has 0 aromatic heterocycles. The summed E-state index contributed by atoms with van der Waals surface area (Å²) in [5.74, 6) is 1.28. The number of carbonyl (C=O) groups is 1. The van der Waals surface area contributed by atoms with Gasteiger partial charge in [0.1, 0.15) is 11.5 Å². The molecule has 2 aromatic carbocycles. The normalized spacial score (nSPS) is 11.2. The van der Waals surface area contributed by atoms with Crippen molar-refractivity contribution in [2.75, 3.05) is 27.8 Å². The first-order valence-electron chi connectivity index (χ1n) is 8.89. The highest BCUT2D eigenvalue weighted by Gasteiger charge is 2.26. The van der Waals surface area contributed by atoms with Crippen molar-refractivity contribution in [3.63, 3.8) is 0 Å². The quantitative estimate of drug-likeness (QED) is 0.340. The Morgan fingerprint density at radius 1 is 0.714 bits per heavy atom. The molecule has 0 N–H and O–H groups in total. The second-order valence-electron chi connectivity index (χ2n) is 6.33. The number of hydrogen-bond donors (Lipinski definition) is 0. The van der Waals surface area contributed by atoms with Gasteiger partial charge in [0.2, 0.25) is 0 Å². The molecule has 0 unspecified atom stereocenters. The molecular formula is C23H20O5. The largest absolute Gasteiger partial charge is 0.466 e. The maximum Gasteiger partial charge on any atom is 0.188 e. The highest BCUT2D eigenvalue weighted by atomic mass is 16.7. The van der Waals surface area contributed by atoms with E-state index >= 15 is 0 Å². The Labute approximate surface area is 162 Å². The number of methoxy groups -OCH3 is 2. The monoisotopic (exact) mass is 376 g/mol. The van der Waals surface area contributed by atoms with Crippen molar-refractivity contribution in [2.45, 2.75) is 0 Å². The molecule has 0 saturated heterocycles. The lowest BCUT2D eigenvalue weighted by atomic mass is 10.0. The molecule has 0 fully saturated rings. The summed E-state index contributed by atoms with van der Waals surface area (Å²) in [4.78, 5) is 12.1. The molecule has 0 bridgehead atoms. The number of rotatable bonds is 7. The molecule has 2 aliphatic carbocycles. The number of hydrogen-bond acceptors (Lipinski definition) is 5. The molecule has 2 aliphatic rings. The highest BCUT2D eigenvalue weighted by Crippen LogP contribution is 2.51. The lowest BCUT2D eigenvalue weighted by molar-refractivity contribution is 0.0516. The van der Waals surface area contributed by atoms with Crippen LogP contribution in [0.4, 0.5) is 0 Å². The average molecular weight is 376 g/mol. The Bertz CT molecular complexity index is 1120. The lowest BCUT2D eigenvalue weighted by Gasteiger charge is -2.16. The van der Waals surface area contributed by atoms with Crippen molar-refractivity contribution in [2.24, 2.45) is 0 Å². The van der Waals surface area contributed by atoms with E-state index < -0.39 is 0 Å². The first-order valence-corrected chi connectivity index (χ1v) is 8.89. The van der Waals surface area contributed by atoms with Gasteiger partial charge in [0.25, 0.3) is 0 Å². The van der Waals surface area contributed by atoms with Crippen molar-refractivity contribution < 1.29 is 23.7 Å².